The average molecular weight is 457 g/mol. The van der Waals surface area contributed by atoms with E-state index in [1.165, 1.54) is 33.3 Å². The quantitative estimate of drug-likeness (QED) is 0.276. The van der Waals surface area contributed by atoms with Gasteiger partial charge in [0.2, 0.25) is 5.69 Å². The highest BCUT2D eigenvalue weighted by Gasteiger charge is 2.47. The third kappa shape index (κ3) is 3.52. The first-order valence-electron chi connectivity index (χ1n) is 11.9. The minimum absolute atomic E-state index is 0.264. The van der Waals surface area contributed by atoms with Crippen molar-refractivity contribution < 1.29 is 8.99 Å². The van der Waals surface area contributed by atoms with Crippen LogP contribution in [0.4, 0.5) is 5.69 Å². The Labute approximate surface area is 204 Å². The molecular formula is C32H26NO2+. The first kappa shape index (κ1) is 21.3. The molecule has 0 amide bonds. The maximum Gasteiger partial charge on any atom is 0.344 e. The number of allylic oxidation sites excluding steroid dienone is 1. The van der Waals surface area contributed by atoms with Crippen molar-refractivity contribution in [1.82, 2.24) is 0 Å². The summed E-state index contributed by atoms with van der Waals surface area (Å²) in [6.45, 7) is 2.32. The van der Waals surface area contributed by atoms with Crippen LogP contribution in [0.15, 0.2) is 112 Å². The molecule has 3 nitrogen and oxygen atoms in total. The van der Waals surface area contributed by atoms with E-state index in [0.29, 0.717) is 11.1 Å². The molecule has 0 radical (unpaired) electrons. The third-order valence-corrected chi connectivity index (χ3v) is 7.24. The molecule has 1 aromatic heterocycles. The number of rotatable bonds is 4. The van der Waals surface area contributed by atoms with Crippen LogP contribution in [0.25, 0.3) is 27.6 Å². The van der Waals surface area contributed by atoms with Crippen LogP contribution in [0.1, 0.15) is 23.8 Å². The summed E-state index contributed by atoms with van der Waals surface area (Å²) in [5.74, 6) is 0.553. The molecule has 4 aromatic carbocycles. The highest BCUT2D eigenvalue weighted by molar-refractivity contribution is 6.09. The van der Waals surface area contributed by atoms with Gasteiger partial charge in [0.25, 0.3) is 0 Å². The predicted molar refractivity (Wildman–Crippen MR) is 144 cm³/mol. The summed E-state index contributed by atoms with van der Waals surface area (Å²) in [6, 6.07) is 33.1. The van der Waals surface area contributed by atoms with Crippen LogP contribution in [-0.2, 0) is 11.8 Å². The molecule has 0 bridgehead atoms. The van der Waals surface area contributed by atoms with Gasteiger partial charge in [-0.3, -0.25) is 0 Å². The fourth-order valence-corrected chi connectivity index (χ4v) is 5.62. The van der Waals surface area contributed by atoms with Gasteiger partial charge < -0.3 is 4.42 Å². The SMILES string of the molecule is C[N+]1=C(/C=C/c2cc3ccccc3c(=O)o2)C(C)(Cc2ccccc2)c2c1ccc1ccccc21. The van der Waals surface area contributed by atoms with Gasteiger partial charge in [0.1, 0.15) is 12.8 Å². The Morgan fingerprint density at radius 1 is 0.800 bits per heavy atom. The molecule has 35 heavy (non-hydrogen) atoms. The number of nitrogens with zero attached hydrogens (tertiary/aromatic N) is 1. The molecule has 1 unspecified atom stereocenters. The first-order valence-corrected chi connectivity index (χ1v) is 11.9. The summed E-state index contributed by atoms with van der Waals surface area (Å²) >= 11 is 0. The van der Waals surface area contributed by atoms with Crippen LogP contribution in [-0.4, -0.2) is 17.3 Å². The van der Waals surface area contributed by atoms with Crippen LogP contribution in [0.2, 0.25) is 0 Å². The van der Waals surface area contributed by atoms with E-state index < -0.39 is 0 Å². The van der Waals surface area contributed by atoms with Gasteiger partial charge in [-0.2, -0.15) is 4.58 Å². The van der Waals surface area contributed by atoms with Crippen molar-refractivity contribution in [3.8, 4) is 0 Å². The Balaban J connectivity index is 1.52. The highest BCUT2D eigenvalue weighted by atomic mass is 16.4. The first-order chi connectivity index (χ1) is 17.0. The van der Waals surface area contributed by atoms with Crippen molar-refractivity contribution in [3.05, 3.63) is 130 Å². The molecule has 3 heteroatoms. The summed E-state index contributed by atoms with van der Waals surface area (Å²) in [5, 5.41) is 4.00. The van der Waals surface area contributed by atoms with Crippen molar-refractivity contribution in [3.63, 3.8) is 0 Å². The van der Waals surface area contributed by atoms with Gasteiger partial charge in [-0.25, -0.2) is 4.79 Å². The lowest BCUT2D eigenvalue weighted by Crippen LogP contribution is -2.33. The van der Waals surface area contributed by atoms with E-state index >= 15 is 0 Å². The van der Waals surface area contributed by atoms with Crippen molar-refractivity contribution in [1.29, 1.82) is 0 Å². The molecule has 0 aliphatic carbocycles. The Morgan fingerprint density at radius 2 is 1.49 bits per heavy atom. The Hall–Kier alpha value is -4.24. The van der Waals surface area contributed by atoms with Crippen molar-refractivity contribution in [2.24, 2.45) is 0 Å². The van der Waals surface area contributed by atoms with E-state index in [4.69, 9.17) is 4.42 Å². The van der Waals surface area contributed by atoms with E-state index in [-0.39, 0.29) is 11.0 Å². The molecule has 1 aliphatic heterocycles. The standard InChI is InChI=1S/C32H26NO2/c1-32(21-22-10-4-3-5-11-22)29(19-17-25-20-24-13-7-9-15-27(24)31(34)35-25)33(2)28-18-16-23-12-6-8-14-26(23)30(28)32/h3-20H,21H2,1-2H3/q+1/b19-17+. The third-order valence-electron chi connectivity index (χ3n) is 7.24. The Morgan fingerprint density at radius 3 is 2.29 bits per heavy atom. The average Bonchev–Trinajstić information content (AvgIpc) is 3.09. The van der Waals surface area contributed by atoms with Crippen molar-refractivity contribution in [2.45, 2.75) is 18.8 Å². The fourth-order valence-electron chi connectivity index (χ4n) is 5.62. The van der Waals surface area contributed by atoms with Gasteiger partial charge in [-0.1, -0.05) is 72.8 Å². The van der Waals surface area contributed by atoms with Crippen molar-refractivity contribution in [2.75, 3.05) is 7.05 Å². The van der Waals surface area contributed by atoms with E-state index in [0.717, 1.165) is 11.8 Å². The topological polar surface area (TPSA) is 33.2 Å². The summed E-state index contributed by atoms with van der Waals surface area (Å²) < 4.78 is 7.92. The summed E-state index contributed by atoms with van der Waals surface area (Å²) in [6.07, 6.45) is 4.91. The molecular weight excluding hydrogens is 430 g/mol. The zero-order valence-electron chi connectivity index (χ0n) is 19.9. The second-order valence-corrected chi connectivity index (χ2v) is 9.48. The molecule has 0 fully saturated rings. The lowest BCUT2D eigenvalue weighted by molar-refractivity contribution is -0.401. The van der Waals surface area contributed by atoms with Crippen LogP contribution >= 0.6 is 0 Å². The second-order valence-electron chi connectivity index (χ2n) is 9.48. The molecule has 0 N–H and O–H groups in total. The molecule has 170 valence electrons. The molecule has 5 aromatic rings. The maximum atomic E-state index is 12.5. The van der Waals surface area contributed by atoms with E-state index in [2.05, 4.69) is 91.4 Å². The Kier molecular flexibility index (Phi) is 5.00. The monoisotopic (exact) mass is 456 g/mol. The van der Waals surface area contributed by atoms with Crippen molar-refractivity contribution >= 4 is 39.0 Å². The number of benzene rings is 4. The molecule has 0 saturated carbocycles. The lowest BCUT2D eigenvalue weighted by atomic mass is 9.73. The second kappa shape index (κ2) is 8.21. The molecule has 2 heterocycles. The van der Waals surface area contributed by atoms with E-state index in [1.807, 2.05) is 30.3 Å². The zero-order chi connectivity index (χ0) is 24.0. The molecule has 1 aliphatic rings. The lowest BCUT2D eigenvalue weighted by Gasteiger charge is -2.24. The predicted octanol–water partition coefficient (Wildman–Crippen LogP) is 6.89. The largest absolute Gasteiger partial charge is 0.423 e. The van der Waals surface area contributed by atoms with E-state index in [1.54, 1.807) is 6.07 Å². The molecule has 6 rings (SSSR count). The maximum absolute atomic E-state index is 12.5. The van der Waals surface area contributed by atoms with Gasteiger partial charge in [-0.15, -0.1) is 0 Å². The fraction of sp³-hybridized carbons (Fsp3) is 0.125. The minimum atomic E-state index is -0.311. The van der Waals surface area contributed by atoms with Gasteiger partial charge in [0.05, 0.1) is 10.8 Å². The van der Waals surface area contributed by atoms with Gasteiger partial charge >= 0.3 is 5.63 Å². The molecule has 0 saturated heterocycles. The number of fused-ring (bicyclic) bond motifs is 4. The van der Waals surface area contributed by atoms with Crippen LogP contribution in [0.3, 0.4) is 0 Å². The van der Waals surface area contributed by atoms with Crippen LogP contribution < -0.4 is 5.63 Å². The number of hydrogen-bond donors (Lipinski definition) is 0. The molecule has 0 spiro atoms. The number of hydrogen-bond acceptors (Lipinski definition) is 2. The Bertz CT molecular complexity index is 1710. The highest BCUT2D eigenvalue weighted by Crippen LogP contribution is 2.45. The zero-order valence-corrected chi connectivity index (χ0v) is 19.9. The summed E-state index contributed by atoms with van der Waals surface area (Å²) in [4.78, 5) is 12.5. The summed E-state index contributed by atoms with van der Waals surface area (Å²) in [7, 11) is 2.13. The molecule has 1 atom stereocenters. The minimum Gasteiger partial charge on any atom is -0.423 e. The normalized spacial score (nSPS) is 17.5. The smallest absolute Gasteiger partial charge is 0.344 e. The van der Waals surface area contributed by atoms with Gasteiger partial charge in [0, 0.05) is 17.7 Å². The van der Waals surface area contributed by atoms with Gasteiger partial charge in [-0.05, 0) is 59.3 Å². The summed E-state index contributed by atoms with van der Waals surface area (Å²) in [5.41, 5.74) is 4.42. The van der Waals surface area contributed by atoms with Gasteiger partial charge in [0.15, 0.2) is 5.71 Å². The van der Waals surface area contributed by atoms with Crippen LogP contribution in [0.5, 0.6) is 0 Å². The van der Waals surface area contributed by atoms with Crippen LogP contribution in [0, 0.1) is 0 Å². The van der Waals surface area contributed by atoms with E-state index in [9.17, 15) is 4.79 Å².